The van der Waals surface area contributed by atoms with Gasteiger partial charge in [0.25, 0.3) is 0 Å². The van der Waals surface area contributed by atoms with Crippen molar-refractivity contribution in [2.24, 2.45) is 0 Å². The molecular formula is C7H14O4S. The highest BCUT2D eigenvalue weighted by Crippen LogP contribution is 1.83. The van der Waals surface area contributed by atoms with Gasteiger partial charge in [-0.05, 0) is 0 Å². The van der Waals surface area contributed by atoms with Gasteiger partial charge in [-0.1, -0.05) is 0 Å². The molecule has 0 N–H and O–H groups in total. The van der Waals surface area contributed by atoms with E-state index in [1.165, 1.54) is 0 Å². The predicted octanol–water partition coefficient (Wildman–Crippen LogP) is 0.122. The van der Waals surface area contributed by atoms with E-state index in [1.807, 2.05) is 0 Å². The molecule has 0 heterocycles. The zero-order valence-corrected chi connectivity index (χ0v) is 8.01. The van der Waals surface area contributed by atoms with E-state index in [0.717, 1.165) is 0 Å². The van der Waals surface area contributed by atoms with Gasteiger partial charge in [0.15, 0.2) is 0 Å². The third-order valence-electron chi connectivity index (χ3n) is 1.03. The van der Waals surface area contributed by atoms with Gasteiger partial charge in [0.05, 0.1) is 26.4 Å². The van der Waals surface area contributed by atoms with Crippen LogP contribution >= 0.6 is 12.6 Å². The van der Waals surface area contributed by atoms with Crippen LogP contribution in [0.15, 0.2) is 0 Å². The van der Waals surface area contributed by atoms with Crippen molar-refractivity contribution < 1.29 is 19.0 Å². The highest BCUT2D eigenvalue weighted by atomic mass is 32.1. The molecule has 72 valence electrons. The van der Waals surface area contributed by atoms with E-state index in [2.05, 4.69) is 12.6 Å². The Balaban J connectivity index is 2.86. The van der Waals surface area contributed by atoms with Gasteiger partial charge in [-0.15, -0.1) is 12.6 Å². The molecule has 0 saturated heterocycles. The summed E-state index contributed by atoms with van der Waals surface area (Å²) in [5, 5.41) is -0.271. The molecule has 0 radical (unpaired) electrons. The molecule has 0 aromatic rings. The summed E-state index contributed by atoms with van der Waals surface area (Å²) in [5.41, 5.74) is 0. The second-order valence-corrected chi connectivity index (χ2v) is 2.55. The van der Waals surface area contributed by atoms with Gasteiger partial charge >= 0.3 is 0 Å². The average Bonchev–Trinajstić information content (AvgIpc) is 2.02. The predicted molar refractivity (Wildman–Crippen MR) is 47.5 cm³/mol. The van der Waals surface area contributed by atoms with Crippen LogP contribution in [0.4, 0.5) is 0 Å². The molecule has 0 spiro atoms. The Morgan fingerprint density at radius 1 is 1.17 bits per heavy atom. The quantitative estimate of drug-likeness (QED) is 0.440. The lowest BCUT2D eigenvalue weighted by molar-refractivity contribution is -0.115. The Labute approximate surface area is 77.6 Å². The highest BCUT2D eigenvalue weighted by Gasteiger charge is 1.93. The van der Waals surface area contributed by atoms with Gasteiger partial charge in [0.2, 0.25) is 5.12 Å². The molecule has 0 unspecified atom stereocenters. The lowest BCUT2D eigenvalue weighted by atomic mass is 10.7. The summed E-state index contributed by atoms with van der Waals surface area (Å²) in [6, 6.07) is 0. The van der Waals surface area contributed by atoms with E-state index in [0.29, 0.717) is 26.4 Å². The second-order valence-electron chi connectivity index (χ2n) is 2.05. The lowest BCUT2D eigenvalue weighted by Crippen LogP contribution is -2.10. The Morgan fingerprint density at radius 2 is 1.75 bits per heavy atom. The first-order valence-corrected chi connectivity index (χ1v) is 4.08. The fourth-order valence-electron chi connectivity index (χ4n) is 0.522. The number of carbonyl (C=O) groups is 1. The molecule has 0 fully saturated rings. The number of rotatable bonds is 8. The van der Waals surface area contributed by atoms with E-state index in [9.17, 15) is 4.79 Å². The summed E-state index contributed by atoms with van der Waals surface area (Å²) < 4.78 is 14.7. The summed E-state index contributed by atoms with van der Waals surface area (Å²) in [6.07, 6.45) is 0. The maximum atomic E-state index is 10.3. The van der Waals surface area contributed by atoms with Crippen LogP contribution in [0.3, 0.4) is 0 Å². The van der Waals surface area contributed by atoms with Gasteiger partial charge in [-0.25, -0.2) is 0 Å². The average molecular weight is 194 g/mol. The van der Waals surface area contributed by atoms with E-state index in [1.54, 1.807) is 7.11 Å². The minimum atomic E-state index is -0.271. The van der Waals surface area contributed by atoms with Gasteiger partial charge in [0, 0.05) is 7.11 Å². The van der Waals surface area contributed by atoms with Crippen molar-refractivity contribution in [3.05, 3.63) is 0 Å². The zero-order valence-electron chi connectivity index (χ0n) is 7.12. The number of hydrogen-bond donors (Lipinski definition) is 1. The van der Waals surface area contributed by atoms with Gasteiger partial charge in [-0.3, -0.25) is 4.79 Å². The molecule has 0 bridgehead atoms. The third kappa shape index (κ3) is 9.90. The van der Waals surface area contributed by atoms with Gasteiger partial charge in [0.1, 0.15) is 6.61 Å². The Hall–Kier alpha value is -0.100. The van der Waals surface area contributed by atoms with Crippen LogP contribution in [-0.4, -0.2) is 45.3 Å². The molecule has 0 amide bonds. The van der Waals surface area contributed by atoms with E-state index in [-0.39, 0.29) is 11.7 Å². The van der Waals surface area contributed by atoms with Crippen molar-refractivity contribution >= 4 is 17.7 Å². The molecule has 0 aliphatic heterocycles. The highest BCUT2D eigenvalue weighted by molar-refractivity contribution is 7.96. The van der Waals surface area contributed by atoms with Crippen molar-refractivity contribution in [1.29, 1.82) is 0 Å². The van der Waals surface area contributed by atoms with Crippen LogP contribution in [-0.2, 0) is 19.0 Å². The number of hydrogen-bond acceptors (Lipinski definition) is 4. The van der Waals surface area contributed by atoms with Crippen molar-refractivity contribution in [3.8, 4) is 0 Å². The normalized spacial score (nSPS) is 10.2. The molecule has 0 saturated carbocycles. The van der Waals surface area contributed by atoms with Crippen LogP contribution in [0, 0.1) is 0 Å². The van der Waals surface area contributed by atoms with Crippen LogP contribution in [0.5, 0.6) is 0 Å². The second kappa shape index (κ2) is 8.99. The molecule has 0 aromatic heterocycles. The number of carbonyl (C=O) groups excluding carboxylic acids is 1. The van der Waals surface area contributed by atoms with Crippen molar-refractivity contribution in [2.75, 3.05) is 40.1 Å². The van der Waals surface area contributed by atoms with E-state index in [4.69, 9.17) is 14.2 Å². The van der Waals surface area contributed by atoms with Crippen molar-refractivity contribution in [3.63, 3.8) is 0 Å². The molecule has 0 aliphatic carbocycles. The van der Waals surface area contributed by atoms with Crippen LogP contribution in [0.25, 0.3) is 0 Å². The van der Waals surface area contributed by atoms with Gasteiger partial charge < -0.3 is 14.2 Å². The molecule has 0 rings (SSSR count). The lowest BCUT2D eigenvalue weighted by Gasteiger charge is -2.02. The SMILES string of the molecule is COCCOCCOCC(=O)S. The molecular weight excluding hydrogens is 180 g/mol. The largest absolute Gasteiger partial charge is 0.382 e. The molecule has 0 aliphatic rings. The minimum Gasteiger partial charge on any atom is -0.382 e. The van der Waals surface area contributed by atoms with Crippen LogP contribution in [0.1, 0.15) is 0 Å². The maximum Gasteiger partial charge on any atom is 0.211 e. The van der Waals surface area contributed by atoms with Gasteiger partial charge in [-0.2, -0.15) is 0 Å². The number of ether oxygens (including phenoxy) is 3. The fourth-order valence-corrected chi connectivity index (χ4v) is 0.613. The molecule has 5 heteroatoms. The first-order chi connectivity index (χ1) is 5.77. The first kappa shape index (κ1) is 11.9. The Bertz CT molecular complexity index is 118. The summed E-state index contributed by atoms with van der Waals surface area (Å²) >= 11 is 3.53. The monoisotopic (exact) mass is 194 g/mol. The topological polar surface area (TPSA) is 44.8 Å². The summed E-state index contributed by atoms with van der Waals surface area (Å²) in [4.78, 5) is 10.3. The number of thiol groups is 1. The van der Waals surface area contributed by atoms with E-state index >= 15 is 0 Å². The molecule has 0 atom stereocenters. The number of methoxy groups -OCH3 is 1. The summed E-state index contributed by atoms with van der Waals surface area (Å²) in [5.74, 6) is 0. The van der Waals surface area contributed by atoms with Crippen LogP contribution < -0.4 is 0 Å². The van der Waals surface area contributed by atoms with Crippen molar-refractivity contribution in [2.45, 2.75) is 0 Å². The first-order valence-electron chi connectivity index (χ1n) is 3.63. The minimum absolute atomic E-state index is 0.0384. The van der Waals surface area contributed by atoms with Crippen LogP contribution in [0.2, 0.25) is 0 Å². The molecule has 0 aromatic carbocycles. The third-order valence-corrected chi connectivity index (χ3v) is 1.16. The molecule has 12 heavy (non-hydrogen) atoms. The summed E-state index contributed by atoms with van der Waals surface area (Å²) in [6.45, 7) is 2.05. The maximum absolute atomic E-state index is 10.3. The van der Waals surface area contributed by atoms with Crippen molar-refractivity contribution in [1.82, 2.24) is 0 Å². The fraction of sp³-hybridized carbons (Fsp3) is 0.857. The van der Waals surface area contributed by atoms with E-state index < -0.39 is 0 Å². The zero-order chi connectivity index (χ0) is 9.23. The Kier molecular flexibility index (Phi) is 8.92. The Morgan fingerprint density at radius 3 is 2.33 bits per heavy atom. The summed E-state index contributed by atoms with van der Waals surface area (Å²) in [7, 11) is 1.61. The molecule has 4 nitrogen and oxygen atoms in total. The standard InChI is InChI=1S/C7H14O4S/c1-9-2-3-10-4-5-11-6-7(8)12/h2-6H2,1H3,(H,8,12). The smallest absolute Gasteiger partial charge is 0.211 e.